The van der Waals surface area contributed by atoms with E-state index in [0.29, 0.717) is 22.0 Å². The van der Waals surface area contributed by atoms with Crippen molar-refractivity contribution >= 4 is 39.1 Å². The molecule has 2 rings (SSSR count). The van der Waals surface area contributed by atoms with Crippen molar-refractivity contribution in [3.05, 3.63) is 58.6 Å². The Morgan fingerprint density at radius 1 is 1.04 bits per heavy atom. The van der Waals surface area contributed by atoms with Crippen LogP contribution in [-0.2, 0) is 10.2 Å². The second-order valence-corrected chi connectivity index (χ2v) is 8.30. The Morgan fingerprint density at radius 3 is 2.16 bits per heavy atom. The minimum absolute atomic E-state index is 0.301. The zero-order chi connectivity index (χ0) is 18.8. The average molecular weight is 382 g/mol. The highest BCUT2D eigenvalue weighted by Gasteiger charge is 2.21. The Hall–Kier alpha value is -2.09. The van der Waals surface area contributed by atoms with E-state index in [1.807, 2.05) is 13.0 Å². The fraction of sp³-hybridized carbons (Fsp3) is 0.235. The van der Waals surface area contributed by atoms with Gasteiger partial charge >= 0.3 is 10.2 Å². The van der Waals surface area contributed by atoms with Crippen LogP contribution in [0.15, 0.2) is 42.5 Å². The molecule has 0 saturated carbocycles. The standard InChI is InChI=1S/C17H20ClN3O3S/c1-12-5-8-14(11-16(12)18)19-17(22)13-6-9-15(10-7-13)21(4)25(23,24)20(2)3/h5-11H,1-4H3,(H,19,22). The van der Waals surface area contributed by atoms with Crippen LogP contribution in [0.25, 0.3) is 0 Å². The molecule has 0 spiro atoms. The molecule has 6 nitrogen and oxygen atoms in total. The summed E-state index contributed by atoms with van der Waals surface area (Å²) >= 11 is 6.05. The number of hydrogen-bond acceptors (Lipinski definition) is 3. The molecule has 1 amide bonds. The summed E-state index contributed by atoms with van der Waals surface area (Å²) in [5, 5.41) is 3.33. The number of rotatable bonds is 5. The van der Waals surface area contributed by atoms with E-state index in [2.05, 4.69) is 5.32 Å². The van der Waals surface area contributed by atoms with E-state index in [1.54, 1.807) is 36.4 Å². The van der Waals surface area contributed by atoms with Gasteiger partial charge in [-0.2, -0.15) is 12.7 Å². The molecule has 0 saturated heterocycles. The van der Waals surface area contributed by atoms with Crippen LogP contribution in [0.3, 0.4) is 0 Å². The van der Waals surface area contributed by atoms with Gasteiger partial charge in [-0.3, -0.25) is 9.10 Å². The summed E-state index contributed by atoms with van der Waals surface area (Å²) in [6.45, 7) is 1.88. The molecule has 0 aromatic heterocycles. The van der Waals surface area contributed by atoms with Crippen LogP contribution in [0.1, 0.15) is 15.9 Å². The molecule has 8 heteroatoms. The number of anilines is 2. The number of amides is 1. The monoisotopic (exact) mass is 381 g/mol. The first-order chi connectivity index (χ1) is 11.6. The zero-order valence-electron chi connectivity index (χ0n) is 14.4. The average Bonchev–Trinajstić information content (AvgIpc) is 2.57. The summed E-state index contributed by atoms with van der Waals surface area (Å²) in [6.07, 6.45) is 0. The molecule has 0 heterocycles. The minimum atomic E-state index is -3.57. The van der Waals surface area contributed by atoms with E-state index < -0.39 is 10.2 Å². The van der Waals surface area contributed by atoms with Gasteiger partial charge in [0, 0.05) is 37.4 Å². The smallest absolute Gasteiger partial charge is 0.303 e. The molecule has 0 atom stereocenters. The summed E-state index contributed by atoms with van der Waals surface area (Å²) in [7, 11) is 0.805. The van der Waals surface area contributed by atoms with Crippen molar-refractivity contribution < 1.29 is 13.2 Å². The molecule has 2 aromatic carbocycles. The zero-order valence-corrected chi connectivity index (χ0v) is 16.0. The molecule has 0 unspecified atom stereocenters. The van der Waals surface area contributed by atoms with E-state index in [1.165, 1.54) is 21.1 Å². The fourth-order valence-electron chi connectivity index (χ4n) is 2.07. The number of carbonyl (C=O) groups is 1. The van der Waals surface area contributed by atoms with Crippen LogP contribution < -0.4 is 9.62 Å². The van der Waals surface area contributed by atoms with Crippen LogP contribution >= 0.6 is 11.6 Å². The molecule has 0 aliphatic carbocycles. The number of nitrogens with zero attached hydrogens (tertiary/aromatic N) is 2. The first-order valence-corrected chi connectivity index (χ1v) is 9.24. The van der Waals surface area contributed by atoms with Crippen LogP contribution in [0.5, 0.6) is 0 Å². The van der Waals surface area contributed by atoms with E-state index in [9.17, 15) is 13.2 Å². The third kappa shape index (κ3) is 4.31. The van der Waals surface area contributed by atoms with Crippen LogP contribution in [0, 0.1) is 6.92 Å². The van der Waals surface area contributed by atoms with Crippen molar-refractivity contribution in [1.29, 1.82) is 0 Å². The van der Waals surface area contributed by atoms with Crippen LogP contribution in [-0.4, -0.2) is 39.8 Å². The molecule has 2 aromatic rings. The van der Waals surface area contributed by atoms with E-state index in [4.69, 9.17) is 11.6 Å². The molecule has 0 aliphatic rings. The number of hydrogen-bond donors (Lipinski definition) is 1. The summed E-state index contributed by atoms with van der Waals surface area (Å²) in [5.41, 5.74) is 2.39. The summed E-state index contributed by atoms with van der Waals surface area (Å²) in [5.74, 6) is -0.301. The molecule has 0 bridgehead atoms. The van der Waals surface area contributed by atoms with Gasteiger partial charge in [0.05, 0.1) is 5.69 Å². The Balaban J connectivity index is 2.16. The second-order valence-electron chi connectivity index (χ2n) is 5.72. The normalized spacial score (nSPS) is 11.4. The summed E-state index contributed by atoms with van der Waals surface area (Å²) < 4.78 is 26.5. The first kappa shape index (κ1) is 19.2. The number of aryl methyl sites for hydroxylation is 1. The SMILES string of the molecule is Cc1ccc(NC(=O)c2ccc(N(C)S(=O)(=O)N(C)C)cc2)cc1Cl. The van der Waals surface area contributed by atoms with Gasteiger partial charge in [-0.1, -0.05) is 17.7 Å². The van der Waals surface area contributed by atoms with Gasteiger partial charge in [0.15, 0.2) is 0 Å². The first-order valence-electron chi connectivity index (χ1n) is 7.47. The second kappa shape index (κ2) is 7.43. The lowest BCUT2D eigenvalue weighted by Crippen LogP contribution is -2.37. The summed E-state index contributed by atoms with van der Waals surface area (Å²) in [4.78, 5) is 12.3. The predicted octanol–water partition coefficient (Wildman–Crippen LogP) is 3.14. The van der Waals surface area contributed by atoms with Crippen molar-refractivity contribution in [3.8, 4) is 0 Å². The fourth-order valence-corrected chi connectivity index (χ4v) is 3.13. The number of benzene rings is 2. The quantitative estimate of drug-likeness (QED) is 0.864. The highest BCUT2D eigenvalue weighted by molar-refractivity contribution is 7.90. The Morgan fingerprint density at radius 2 is 1.64 bits per heavy atom. The lowest BCUT2D eigenvalue weighted by Gasteiger charge is -2.23. The minimum Gasteiger partial charge on any atom is -0.322 e. The largest absolute Gasteiger partial charge is 0.322 e. The maximum absolute atomic E-state index is 12.3. The van der Waals surface area contributed by atoms with Gasteiger partial charge in [0.1, 0.15) is 0 Å². The molecule has 0 radical (unpaired) electrons. The highest BCUT2D eigenvalue weighted by Crippen LogP contribution is 2.22. The molecule has 0 fully saturated rings. The third-order valence-corrected chi connectivity index (χ3v) is 5.96. The lowest BCUT2D eigenvalue weighted by molar-refractivity contribution is 0.102. The Bertz CT molecular complexity index is 881. The van der Waals surface area contributed by atoms with Crippen molar-refractivity contribution in [2.45, 2.75) is 6.92 Å². The van der Waals surface area contributed by atoms with E-state index in [-0.39, 0.29) is 5.91 Å². The van der Waals surface area contributed by atoms with Crippen molar-refractivity contribution in [1.82, 2.24) is 4.31 Å². The number of nitrogens with one attached hydrogen (secondary N) is 1. The predicted molar refractivity (Wildman–Crippen MR) is 102 cm³/mol. The molecular weight excluding hydrogens is 362 g/mol. The van der Waals surface area contributed by atoms with Crippen molar-refractivity contribution in [3.63, 3.8) is 0 Å². The lowest BCUT2D eigenvalue weighted by atomic mass is 10.1. The van der Waals surface area contributed by atoms with Gasteiger partial charge < -0.3 is 5.32 Å². The van der Waals surface area contributed by atoms with Gasteiger partial charge in [-0.25, -0.2) is 0 Å². The summed E-state index contributed by atoms with van der Waals surface area (Å²) in [6, 6.07) is 11.6. The molecular formula is C17H20ClN3O3S. The van der Waals surface area contributed by atoms with Crippen molar-refractivity contribution in [2.24, 2.45) is 0 Å². The van der Waals surface area contributed by atoms with Crippen molar-refractivity contribution in [2.75, 3.05) is 30.8 Å². The van der Waals surface area contributed by atoms with Gasteiger partial charge in [-0.15, -0.1) is 0 Å². The number of halogens is 1. The maximum atomic E-state index is 12.3. The molecule has 134 valence electrons. The van der Waals surface area contributed by atoms with Gasteiger partial charge in [-0.05, 0) is 48.9 Å². The van der Waals surface area contributed by atoms with E-state index >= 15 is 0 Å². The topological polar surface area (TPSA) is 69.7 Å². The van der Waals surface area contributed by atoms with Crippen LogP contribution in [0.2, 0.25) is 5.02 Å². The Kier molecular flexibility index (Phi) is 5.72. The number of carbonyl (C=O) groups excluding carboxylic acids is 1. The van der Waals surface area contributed by atoms with Crippen LogP contribution in [0.4, 0.5) is 11.4 Å². The highest BCUT2D eigenvalue weighted by atomic mass is 35.5. The molecule has 25 heavy (non-hydrogen) atoms. The molecule has 0 aliphatic heterocycles. The molecule has 1 N–H and O–H groups in total. The maximum Gasteiger partial charge on any atom is 0.303 e. The van der Waals surface area contributed by atoms with Gasteiger partial charge in [0.25, 0.3) is 5.91 Å². The van der Waals surface area contributed by atoms with E-state index in [0.717, 1.165) is 14.2 Å². The third-order valence-electron chi connectivity index (χ3n) is 3.73. The Labute approximate surface area is 153 Å². The van der Waals surface area contributed by atoms with Gasteiger partial charge in [0.2, 0.25) is 0 Å².